The minimum absolute atomic E-state index is 0.241. The first kappa shape index (κ1) is 16.7. The molecule has 6 nitrogen and oxygen atoms in total. The highest BCUT2D eigenvalue weighted by Gasteiger charge is 2.36. The SMILES string of the molecule is COc1ccc(CCN2CC=CN3C2=Nc2ccccc2S3(=O)=O)cc1. The quantitative estimate of drug-likeness (QED) is 0.831. The molecule has 0 unspecified atom stereocenters. The van der Waals surface area contributed by atoms with E-state index < -0.39 is 10.0 Å². The number of guanidine groups is 1. The minimum atomic E-state index is -3.61. The Bertz CT molecular complexity index is 981. The van der Waals surface area contributed by atoms with Gasteiger partial charge in [-0.05, 0) is 42.3 Å². The van der Waals surface area contributed by atoms with Gasteiger partial charge in [0.1, 0.15) is 10.6 Å². The van der Waals surface area contributed by atoms with Crippen molar-refractivity contribution in [1.29, 1.82) is 0 Å². The molecule has 0 saturated carbocycles. The molecule has 7 heteroatoms. The Kier molecular flexibility index (Phi) is 4.16. The molecule has 26 heavy (non-hydrogen) atoms. The molecule has 0 radical (unpaired) electrons. The topological polar surface area (TPSA) is 62.2 Å². The first-order valence-electron chi connectivity index (χ1n) is 8.36. The van der Waals surface area contributed by atoms with Crippen LogP contribution in [0.2, 0.25) is 0 Å². The molecule has 0 aliphatic carbocycles. The summed E-state index contributed by atoms with van der Waals surface area (Å²) in [4.78, 5) is 6.83. The number of nitrogens with zero attached hydrogens (tertiary/aromatic N) is 3. The van der Waals surface area contributed by atoms with Crippen LogP contribution in [0.3, 0.4) is 0 Å². The van der Waals surface area contributed by atoms with E-state index in [1.807, 2.05) is 35.2 Å². The summed E-state index contributed by atoms with van der Waals surface area (Å²) in [5.41, 5.74) is 1.65. The predicted molar refractivity (Wildman–Crippen MR) is 100.0 cm³/mol. The zero-order valence-electron chi connectivity index (χ0n) is 14.4. The van der Waals surface area contributed by atoms with E-state index in [9.17, 15) is 8.42 Å². The third-order valence-corrected chi connectivity index (χ3v) is 6.20. The number of benzene rings is 2. The third-order valence-electron chi connectivity index (χ3n) is 4.50. The lowest BCUT2D eigenvalue weighted by molar-refractivity contribution is 0.407. The molecule has 2 heterocycles. The fraction of sp³-hybridized carbons (Fsp3) is 0.211. The van der Waals surface area contributed by atoms with E-state index >= 15 is 0 Å². The van der Waals surface area contributed by atoms with Gasteiger partial charge in [0, 0.05) is 19.3 Å². The van der Waals surface area contributed by atoms with Crippen LogP contribution in [0.25, 0.3) is 0 Å². The van der Waals surface area contributed by atoms with Crippen LogP contribution in [0.1, 0.15) is 5.56 Å². The minimum Gasteiger partial charge on any atom is -0.497 e. The molecule has 2 aromatic rings. The second kappa shape index (κ2) is 6.49. The van der Waals surface area contributed by atoms with E-state index in [2.05, 4.69) is 4.99 Å². The largest absolute Gasteiger partial charge is 0.497 e. The number of fused-ring (bicyclic) bond motifs is 2. The maximum absolute atomic E-state index is 12.9. The van der Waals surface area contributed by atoms with Crippen molar-refractivity contribution in [1.82, 2.24) is 9.21 Å². The fourth-order valence-corrected chi connectivity index (χ4v) is 4.55. The van der Waals surface area contributed by atoms with Crippen LogP contribution in [-0.4, -0.2) is 43.8 Å². The maximum atomic E-state index is 12.9. The highest BCUT2D eigenvalue weighted by molar-refractivity contribution is 7.90. The Hall–Kier alpha value is -2.80. The molecule has 2 aliphatic rings. The second-order valence-corrected chi connectivity index (χ2v) is 7.89. The monoisotopic (exact) mass is 369 g/mol. The lowest BCUT2D eigenvalue weighted by atomic mass is 10.1. The summed E-state index contributed by atoms with van der Waals surface area (Å²) in [6, 6.07) is 14.7. The van der Waals surface area contributed by atoms with Gasteiger partial charge in [-0.3, -0.25) is 0 Å². The molecule has 4 rings (SSSR count). The number of aliphatic imine (C=N–C) groups is 1. The van der Waals surface area contributed by atoms with E-state index in [0.29, 0.717) is 24.7 Å². The number of rotatable bonds is 4. The Morgan fingerprint density at radius 1 is 1.12 bits per heavy atom. The van der Waals surface area contributed by atoms with Gasteiger partial charge in [-0.15, -0.1) is 0 Å². The molecule has 2 aromatic carbocycles. The standard InChI is InChI=1S/C19H19N3O3S/c1-25-16-9-7-15(8-10-16)11-14-21-12-4-13-22-19(21)20-17-5-2-3-6-18(17)26(22,23)24/h2-10,13H,11-12,14H2,1H3. The van der Waals surface area contributed by atoms with Gasteiger partial charge in [-0.1, -0.05) is 24.3 Å². The molecule has 0 saturated heterocycles. The normalized spacial score (nSPS) is 17.3. The number of hydrogen-bond donors (Lipinski definition) is 0. The Morgan fingerprint density at radius 2 is 1.88 bits per heavy atom. The van der Waals surface area contributed by atoms with Crippen LogP contribution in [0.5, 0.6) is 5.75 Å². The fourth-order valence-electron chi connectivity index (χ4n) is 3.09. The smallest absolute Gasteiger partial charge is 0.272 e. The van der Waals surface area contributed by atoms with Crippen LogP contribution in [0.4, 0.5) is 5.69 Å². The average molecular weight is 369 g/mol. The van der Waals surface area contributed by atoms with Gasteiger partial charge in [-0.25, -0.2) is 17.7 Å². The third kappa shape index (κ3) is 2.84. The average Bonchev–Trinajstić information content (AvgIpc) is 2.67. The highest BCUT2D eigenvalue weighted by Crippen LogP contribution is 2.34. The number of methoxy groups -OCH3 is 1. The van der Waals surface area contributed by atoms with Gasteiger partial charge < -0.3 is 9.64 Å². The first-order chi connectivity index (χ1) is 12.6. The molecule has 0 fully saturated rings. The van der Waals surface area contributed by atoms with Crippen molar-refractivity contribution in [2.45, 2.75) is 11.3 Å². The molecule has 134 valence electrons. The molecule has 0 aromatic heterocycles. The van der Waals surface area contributed by atoms with Crippen molar-refractivity contribution in [2.75, 3.05) is 20.2 Å². The molecule has 2 aliphatic heterocycles. The predicted octanol–water partition coefficient (Wildman–Crippen LogP) is 2.76. The molecule has 0 bridgehead atoms. The van der Waals surface area contributed by atoms with Gasteiger partial charge in [0.05, 0.1) is 12.8 Å². The zero-order valence-corrected chi connectivity index (χ0v) is 15.2. The summed E-state index contributed by atoms with van der Waals surface area (Å²) in [5.74, 6) is 1.28. The second-order valence-electron chi connectivity index (χ2n) is 6.11. The van der Waals surface area contributed by atoms with Crippen molar-refractivity contribution in [2.24, 2.45) is 4.99 Å². The lowest BCUT2D eigenvalue weighted by Gasteiger charge is -2.36. The van der Waals surface area contributed by atoms with Crippen molar-refractivity contribution in [3.63, 3.8) is 0 Å². The van der Waals surface area contributed by atoms with Gasteiger partial charge in [-0.2, -0.15) is 0 Å². The molecule has 0 amide bonds. The lowest BCUT2D eigenvalue weighted by Crippen LogP contribution is -2.49. The van der Waals surface area contributed by atoms with Crippen molar-refractivity contribution in [3.8, 4) is 5.75 Å². The van der Waals surface area contributed by atoms with E-state index in [-0.39, 0.29) is 4.90 Å². The summed E-state index contributed by atoms with van der Waals surface area (Å²) >= 11 is 0. The van der Waals surface area contributed by atoms with Crippen LogP contribution >= 0.6 is 0 Å². The van der Waals surface area contributed by atoms with Crippen molar-refractivity contribution in [3.05, 3.63) is 66.4 Å². The van der Waals surface area contributed by atoms with Gasteiger partial charge in [0.15, 0.2) is 0 Å². The Balaban J connectivity index is 1.60. The molecule has 0 spiro atoms. The summed E-state index contributed by atoms with van der Waals surface area (Å²) in [6.07, 6.45) is 4.22. The molecule has 0 atom stereocenters. The summed E-state index contributed by atoms with van der Waals surface area (Å²) < 4.78 is 32.2. The van der Waals surface area contributed by atoms with E-state index in [1.54, 1.807) is 37.6 Å². The molecular weight excluding hydrogens is 350 g/mol. The zero-order chi connectivity index (χ0) is 18.1. The van der Waals surface area contributed by atoms with Gasteiger partial charge in [0.2, 0.25) is 5.96 Å². The maximum Gasteiger partial charge on any atom is 0.272 e. The summed E-state index contributed by atoms with van der Waals surface area (Å²) in [7, 11) is -1.97. The number of para-hydroxylation sites is 1. The van der Waals surface area contributed by atoms with E-state index in [1.165, 1.54) is 4.31 Å². The number of ether oxygens (including phenoxy) is 1. The van der Waals surface area contributed by atoms with E-state index in [0.717, 1.165) is 17.7 Å². The van der Waals surface area contributed by atoms with Crippen molar-refractivity contribution < 1.29 is 13.2 Å². The van der Waals surface area contributed by atoms with Gasteiger partial charge >= 0.3 is 0 Å². The Labute approximate surface area is 153 Å². The van der Waals surface area contributed by atoms with Crippen LogP contribution in [0, 0.1) is 0 Å². The Morgan fingerprint density at radius 3 is 2.65 bits per heavy atom. The van der Waals surface area contributed by atoms with Crippen molar-refractivity contribution >= 4 is 21.7 Å². The van der Waals surface area contributed by atoms with Crippen LogP contribution < -0.4 is 4.74 Å². The summed E-state index contributed by atoms with van der Waals surface area (Å²) in [5, 5.41) is 0. The molecular formula is C19H19N3O3S. The van der Waals surface area contributed by atoms with Crippen LogP contribution in [0.15, 0.2) is 70.7 Å². The number of sulfonamides is 1. The van der Waals surface area contributed by atoms with Gasteiger partial charge in [0.25, 0.3) is 10.0 Å². The highest BCUT2D eigenvalue weighted by atomic mass is 32.2. The summed E-state index contributed by atoms with van der Waals surface area (Å²) in [6.45, 7) is 1.30. The first-order valence-corrected chi connectivity index (χ1v) is 9.80. The van der Waals surface area contributed by atoms with E-state index in [4.69, 9.17) is 4.74 Å². The molecule has 0 N–H and O–H groups in total. The van der Waals surface area contributed by atoms with Crippen LogP contribution in [-0.2, 0) is 16.4 Å². The number of hydrogen-bond acceptors (Lipinski definition) is 5.